The molecule has 0 bridgehead atoms. The van der Waals surface area contributed by atoms with E-state index >= 15 is 0 Å². The van der Waals surface area contributed by atoms with Gasteiger partial charge in [-0.2, -0.15) is 5.10 Å². The summed E-state index contributed by atoms with van der Waals surface area (Å²) in [6, 6.07) is 24.5. The van der Waals surface area contributed by atoms with Gasteiger partial charge < -0.3 is 5.32 Å². The highest BCUT2D eigenvalue weighted by molar-refractivity contribution is 6.33. The van der Waals surface area contributed by atoms with Crippen LogP contribution in [0.1, 0.15) is 10.5 Å². The van der Waals surface area contributed by atoms with Crippen molar-refractivity contribution in [3.63, 3.8) is 0 Å². The third kappa shape index (κ3) is 3.66. The number of para-hydroxylation sites is 1. The Labute approximate surface area is 166 Å². The lowest BCUT2D eigenvalue weighted by Crippen LogP contribution is -2.17. The predicted molar refractivity (Wildman–Crippen MR) is 108 cm³/mol. The van der Waals surface area contributed by atoms with Crippen molar-refractivity contribution in [2.45, 2.75) is 0 Å². The Morgan fingerprint density at radius 1 is 0.929 bits per heavy atom. The Hall–Kier alpha value is -3.44. The van der Waals surface area contributed by atoms with Crippen molar-refractivity contribution in [1.29, 1.82) is 0 Å². The molecule has 4 nitrogen and oxygen atoms in total. The number of halogens is 2. The molecule has 1 heterocycles. The third-order valence-corrected chi connectivity index (χ3v) is 4.50. The van der Waals surface area contributed by atoms with E-state index < -0.39 is 11.7 Å². The van der Waals surface area contributed by atoms with Gasteiger partial charge in [-0.3, -0.25) is 4.79 Å². The maximum Gasteiger partial charge on any atom is 0.274 e. The van der Waals surface area contributed by atoms with E-state index in [9.17, 15) is 9.18 Å². The zero-order valence-electron chi connectivity index (χ0n) is 14.6. The Kier molecular flexibility index (Phi) is 4.91. The van der Waals surface area contributed by atoms with Crippen LogP contribution in [0.4, 0.5) is 10.1 Å². The van der Waals surface area contributed by atoms with Crippen LogP contribution < -0.4 is 5.32 Å². The highest BCUT2D eigenvalue weighted by Crippen LogP contribution is 2.25. The number of carbonyl (C=O) groups is 1. The molecule has 0 atom stereocenters. The number of nitrogens with zero attached hydrogens (tertiary/aromatic N) is 2. The van der Waals surface area contributed by atoms with Crippen LogP contribution in [0.3, 0.4) is 0 Å². The van der Waals surface area contributed by atoms with Gasteiger partial charge >= 0.3 is 0 Å². The van der Waals surface area contributed by atoms with E-state index in [1.165, 1.54) is 12.1 Å². The lowest BCUT2D eigenvalue weighted by molar-refractivity contribution is 0.101. The Bertz CT molecular complexity index is 1130. The van der Waals surface area contributed by atoms with Crippen molar-refractivity contribution >= 4 is 23.2 Å². The zero-order chi connectivity index (χ0) is 19.5. The molecule has 0 aliphatic heterocycles. The second-order valence-corrected chi connectivity index (χ2v) is 6.51. The van der Waals surface area contributed by atoms with E-state index in [2.05, 4.69) is 10.4 Å². The fourth-order valence-electron chi connectivity index (χ4n) is 2.84. The number of rotatable bonds is 4. The van der Waals surface area contributed by atoms with Gasteiger partial charge in [0.15, 0.2) is 0 Å². The fourth-order valence-corrected chi connectivity index (χ4v) is 3.05. The molecule has 3 aromatic carbocycles. The average Bonchev–Trinajstić information content (AvgIpc) is 3.17. The van der Waals surface area contributed by atoms with E-state index in [1.54, 1.807) is 10.7 Å². The molecule has 0 saturated heterocycles. The van der Waals surface area contributed by atoms with Gasteiger partial charge in [-0.15, -0.1) is 0 Å². The van der Waals surface area contributed by atoms with Crippen LogP contribution in [0.2, 0.25) is 5.02 Å². The van der Waals surface area contributed by atoms with Crippen molar-refractivity contribution in [1.82, 2.24) is 9.78 Å². The van der Waals surface area contributed by atoms with Gasteiger partial charge in [0.25, 0.3) is 5.91 Å². The van der Waals surface area contributed by atoms with Crippen LogP contribution in [0.5, 0.6) is 0 Å². The summed E-state index contributed by atoms with van der Waals surface area (Å²) in [5, 5.41) is 7.47. The van der Waals surface area contributed by atoms with Crippen LogP contribution in [0, 0.1) is 5.82 Å². The lowest BCUT2D eigenvalue weighted by atomic mass is 10.1. The third-order valence-electron chi connectivity index (χ3n) is 4.19. The first-order valence-corrected chi connectivity index (χ1v) is 8.97. The second kappa shape index (κ2) is 7.66. The average molecular weight is 392 g/mol. The summed E-state index contributed by atoms with van der Waals surface area (Å²) in [4.78, 5) is 13.0. The maximum atomic E-state index is 13.3. The monoisotopic (exact) mass is 391 g/mol. The quantitative estimate of drug-likeness (QED) is 0.493. The standard InChI is InChI=1S/C22H15ClFN3O/c23-18-13-16(24)11-12-19(18)25-22(28)21-14-20(15-7-3-1-4-8-15)26-27(21)17-9-5-2-6-10-17/h1-14H,(H,25,28). The van der Waals surface area contributed by atoms with Gasteiger partial charge in [0.2, 0.25) is 0 Å². The minimum atomic E-state index is -0.469. The molecule has 4 aromatic rings. The molecule has 1 aromatic heterocycles. The van der Waals surface area contributed by atoms with Crippen molar-refractivity contribution in [3.8, 4) is 16.9 Å². The largest absolute Gasteiger partial charge is 0.319 e. The molecule has 0 spiro atoms. The fraction of sp³-hybridized carbons (Fsp3) is 0. The van der Waals surface area contributed by atoms with Crippen LogP contribution in [0.15, 0.2) is 84.9 Å². The van der Waals surface area contributed by atoms with E-state index in [-0.39, 0.29) is 5.02 Å². The first kappa shape index (κ1) is 17.9. The molecule has 0 aliphatic carbocycles. The normalized spacial score (nSPS) is 10.6. The van der Waals surface area contributed by atoms with Crippen LogP contribution in [0.25, 0.3) is 16.9 Å². The number of hydrogen-bond donors (Lipinski definition) is 1. The van der Waals surface area contributed by atoms with Gasteiger partial charge in [-0.1, -0.05) is 60.1 Å². The van der Waals surface area contributed by atoms with Crippen LogP contribution in [-0.2, 0) is 0 Å². The zero-order valence-corrected chi connectivity index (χ0v) is 15.4. The highest BCUT2D eigenvalue weighted by atomic mass is 35.5. The topological polar surface area (TPSA) is 46.9 Å². The van der Waals surface area contributed by atoms with Crippen molar-refractivity contribution in [2.24, 2.45) is 0 Å². The number of anilines is 1. The summed E-state index contributed by atoms with van der Waals surface area (Å²) < 4.78 is 14.9. The van der Waals surface area contributed by atoms with E-state index in [1.807, 2.05) is 60.7 Å². The van der Waals surface area contributed by atoms with Gasteiger partial charge in [0, 0.05) is 5.56 Å². The Morgan fingerprint density at radius 3 is 2.29 bits per heavy atom. The smallest absolute Gasteiger partial charge is 0.274 e. The molecule has 1 N–H and O–H groups in total. The first-order valence-electron chi connectivity index (χ1n) is 8.59. The minimum Gasteiger partial charge on any atom is -0.319 e. The molecule has 138 valence electrons. The molecule has 0 unspecified atom stereocenters. The summed E-state index contributed by atoms with van der Waals surface area (Å²) in [7, 11) is 0. The predicted octanol–water partition coefficient (Wildman–Crippen LogP) is 5.58. The number of hydrogen-bond acceptors (Lipinski definition) is 2. The molecule has 1 amide bonds. The summed E-state index contributed by atoms with van der Waals surface area (Å²) in [6.07, 6.45) is 0. The van der Waals surface area contributed by atoms with E-state index in [0.29, 0.717) is 17.1 Å². The van der Waals surface area contributed by atoms with Gasteiger partial charge in [0.05, 0.1) is 22.1 Å². The summed E-state index contributed by atoms with van der Waals surface area (Å²) in [5.41, 5.74) is 2.98. The van der Waals surface area contributed by atoms with Crippen molar-refractivity contribution in [2.75, 3.05) is 5.32 Å². The molecular weight excluding hydrogens is 377 g/mol. The van der Waals surface area contributed by atoms with Crippen molar-refractivity contribution in [3.05, 3.63) is 101 Å². The molecule has 0 aliphatic rings. The van der Waals surface area contributed by atoms with Gasteiger partial charge in [-0.25, -0.2) is 9.07 Å². The second-order valence-electron chi connectivity index (χ2n) is 6.11. The number of amides is 1. The van der Waals surface area contributed by atoms with Crippen molar-refractivity contribution < 1.29 is 9.18 Å². The molecular formula is C22H15ClFN3O. The van der Waals surface area contributed by atoms with Gasteiger partial charge in [0.1, 0.15) is 11.5 Å². The number of benzene rings is 3. The summed E-state index contributed by atoms with van der Waals surface area (Å²) in [5.74, 6) is -0.865. The maximum absolute atomic E-state index is 13.3. The number of nitrogens with one attached hydrogen (secondary N) is 1. The molecule has 0 fully saturated rings. The van der Waals surface area contributed by atoms with E-state index in [0.717, 1.165) is 17.3 Å². The molecule has 28 heavy (non-hydrogen) atoms. The van der Waals surface area contributed by atoms with Crippen LogP contribution >= 0.6 is 11.6 Å². The molecule has 6 heteroatoms. The molecule has 0 radical (unpaired) electrons. The van der Waals surface area contributed by atoms with Crippen LogP contribution in [-0.4, -0.2) is 15.7 Å². The number of carbonyl (C=O) groups excluding carboxylic acids is 1. The number of aromatic nitrogens is 2. The minimum absolute atomic E-state index is 0.127. The lowest BCUT2D eigenvalue weighted by Gasteiger charge is -2.09. The highest BCUT2D eigenvalue weighted by Gasteiger charge is 2.18. The van der Waals surface area contributed by atoms with Gasteiger partial charge in [-0.05, 0) is 36.4 Å². The Morgan fingerprint density at radius 2 is 1.61 bits per heavy atom. The summed E-state index contributed by atoms with van der Waals surface area (Å²) in [6.45, 7) is 0. The van der Waals surface area contributed by atoms with E-state index in [4.69, 9.17) is 11.6 Å². The SMILES string of the molecule is O=C(Nc1ccc(F)cc1Cl)c1cc(-c2ccccc2)nn1-c1ccccc1. The molecule has 4 rings (SSSR count). The first-order chi connectivity index (χ1) is 13.6. The Balaban J connectivity index is 1.76. The molecule has 0 saturated carbocycles. The summed E-state index contributed by atoms with van der Waals surface area (Å²) >= 11 is 6.04.